The van der Waals surface area contributed by atoms with E-state index in [4.69, 9.17) is 0 Å². The van der Waals surface area contributed by atoms with Crippen molar-refractivity contribution >= 4 is 5.82 Å². The molecule has 0 bridgehead atoms. The summed E-state index contributed by atoms with van der Waals surface area (Å²) in [5.74, 6) is 2.84. The van der Waals surface area contributed by atoms with Gasteiger partial charge in [-0.25, -0.2) is 15.0 Å². The summed E-state index contributed by atoms with van der Waals surface area (Å²) < 4.78 is 2.13. The summed E-state index contributed by atoms with van der Waals surface area (Å²) in [7, 11) is 0. The molecule has 0 unspecified atom stereocenters. The van der Waals surface area contributed by atoms with E-state index in [1.165, 1.54) is 0 Å². The zero-order valence-electron chi connectivity index (χ0n) is 12.6. The van der Waals surface area contributed by atoms with Crippen LogP contribution in [0, 0.1) is 6.92 Å². The van der Waals surface area contributed by atoms with Crippen LogP contribution in [0.1, 0.15) is 44.0 Å². The van der Waals surface area contributed by atoms with Crippen LogP contribution in [0.2, 0.25) is 0 Å². The molecule has 0 aliphatic carbocycles. The third-order valence-electron chi connectivity index (χ3n) is 3.04. The van der Waals surface area contributed by atoms with Crippen LogP contribution in [-0.4, -0.2) is 26.1 Å². The number of aryl methyl sites for hydroxylation is 2. The molecular weight excluding hydrogens is 250 g/mol. The maximum Gasteiger partial charge on any atom is 0.150 e. The van der Waals surface area contributed by atoms with Crippen molar-refractivity contribution in [1.82, 2.24) is 19.5 Å². The molecule has 5 heteroatoms. The molecule has 0 aliphatic rings. The molecule has 0 aliphatic heterocycles. The Balaban J connectivity index is 2.15. The Morgan fingerprint density at radius 1 is 1.20 bits per heavy atom. The zero-order valence-corrected chi connectivity index (χ0v) is 12.6. The van der Waals surface area contributed by atoms with E-state index in [1.54, 1.807) is 0 Å². The first-order chi connectivity index (χ1) is 9.72. The van der Waals surface area contributed by atoms with Gasteiger partial charge in [-0.05, 0) is 19.8 Å². The smallest absolute Gasteiger partial charge is 0.150 e. The van der Waals surface area contributed by atoms with Gasteiger partial charge < -0.3 is 9.88 Å². The van der Waals surface area contributed by atoms with E-state index in [0.29, 0.717) is 6.54 Å². The van der Waals surface area contributed by atoms with Gasteiger partial charge in [0, 0.05) is 37.1 Å². The predicted molar refractivity (Wildman–Crippen MR) is 80.9 cm³/mol. The highest BCUT2D eigenvalue weighted by Crippen LogP contribution is 2.09. The maximum absolute atomic E-state index is 4.58. The van der Waals surface area contributed by atoms with E-state index in [2.05, 4.69) is 38.7 Å². The number of imidazole rings is 1. The maximum atomic E-state index is 4.58. The third-order valence-corrected chi connectivity index (χ3v) is 3.04. The molecule has 20 heavy (non-hydrogen) atoms. The molecule has 2 aromatic rings. The van der Waals surface area contributed by atoms with E-state index in [9.17, 15) is 0 Å². The second-order valence-electron chi connectivity index (χ2n) is 4.96. The van der Waals surface area contributed by atoms with Crippen molar-refractivity contribution in [2.24, 2.45) is 0 Å². The summed E-state index contributed by atoms with van der Waals surface area (Å²) in [6.45, 7) is 7.92. The molecule has 1 N–H and O–H groups in total. The van der Waals surface area contributed by atoms with Gasteiger partial charge in [-0.3, -0.25) is 0 Å². The second-order valence-corrected chi connectivity index (χ2v) is 4.96. The van der Waals surface area contributed by atoms with Crippen molar-refractivity contribution in [2.75, 3.05) is 11.9 Å². The van der Waals surface area contributed by atoms with Crippen molar-refractivity contribution in [3.05, 3.63) is 35.8 Å². The summed E-state index contributed by atoms with van der Waals surface area (Å²) in [5, 5.41) is 3.32. The van der Waals surface area contributed by atoms with Crippen LogP contribution in [-0.2, 0) is 13.0 Å². The largest absolute Gasteiger partial charge is 0.370 e. The lowest BCUT2D eigenvalue weighted by Crippen LogP contribution is -2.10. The molecule has 5 nitrogen and oxygen atoms in total. The van der Waals surface area contributed by atoms with Crippen LogP contribution in [0.25, 0.3) is 0 Å². The van der Waals surface area contributed by atoms with E-state index in [-0.39, 0.29) is 0 Å². The molecule has 0 fully saturated rings. The molecule has 108 valence electrons. The van der Waals surface area contributed by atoms with Gasteiger partial charge in [0.2, 0.25) is 0 Å². The lowest BCUT2D eigenvalue weighted by atomic mass is 10.3. The first-order valence-electron chi connectivity index (χ1n) is 7.31. The molecule has 0 amide bonds. The lowest BCUT2D eigenvalue weighted by Gasteiger charge is -2.10. The first-order valence-corrected chi connectivity index (χ1v) is 7.31. The molecule has 2 aromatic heterocycles. The van der Waals surface area contributed by atoms with Gasteiger partial charge in [-0.15, -0.1) is 0 Å². The minimum atomic E-state index is 0.678. The Kier molecular flexibility index (Phi) is 5.09. The average molecular weight is 273 g/mol. The summed E-state index contributed by atoms with van der Waals surface area (Å²) in [6, 6.07) is 1.99. The molecule has 0 atom stereocenters. The van der Waals surface area contributed by atoms with E-state index in [1.807, 2.05) is 25.4 Å². The molecule has 2 rings (SSSR count). The number of hydrogen-bond donors (Lipinski definition) is 1. The topological polar surface area (TPSA) is 55.6 Å². The molecule has 0 saturated heterocycles. The number of nitrogens with one attached hydrogen (secondary N) is 1. The number of rotatable bonds is 7. The fourth-order valence-corrected chi connectivity index (χ4v) is 2.13. The molecule has 2 heterocycles. The summed E-state index contributed by atoms with van der Waals surface area (Å²) in [5.41, 5.74) is 0.991. The van der Waals surface area contributed by atoms with Crippen molar-refractivity contribution in [2.45, 2.75) is 46.6 Å². The van der Waals surface area contributed by atoms with Gasteiger partial charge in [-0.2, -0.15) is 0 Å². The number of nitrogens with zero attached hydrogens (tertiary/aromatic N) is 4. The Hall–Kier alpha value is -1.91. The normalized spacial score (nSPS) is 10.8. The minimum absolute atomic E-state index is 0.678. The molecule has 0 radical (unpaired) electrons. The SMILES string of the molecule is CCCNc1cc(C)nc(Cn2ccnc2CCC)n1. The molecule has 0 saturated carbocycles. The van der Waals surface area contributed by atoms with Gasteiger partial charge >= 0.3 is 0 Å². The highest BCUT2D eigenvalue weighted by molar-refractivity contribution is 5.35. The average Bonchev–Trinajstić information content (AvgIpc) is 2.84. The van der Waals surface area contributed by atoms with Gasteiger partial charge in [0.15, 0.2) is 5.82 Å². The fraction of sp³-hybridized carbons (Fsp3) is 0.533. The Labute approximate surface area is 120 Å². The van der Waals surface area contributed by atoms with Crippen molar-refractivity contribution in [1.29, 1.82) is 0 Å². The quantitative estimate of drug-likeness (QED) is 0.843. The number of anilines is 1. The Morgan fingerprint density at radius 3 is 2.80 bits per heavy atom. The fourth-order valence-electron chi connectivity index (χ4n) is 2.13. The third kappa shape index (κ3) is 3.79. The molecule has 0 spiro atoms. The summed E-state index contributed by atoms with van der Waals surface area (Å²) >= 11 is 0. The number of aromatic nitrogens is 4. The van der Waals surface area contributed by atoms with Crippen LogP contribution in [0.3, 0.4) is 0 Å². The van der Waals surface area contributed by atoms with Gasteiger partial charge in [0.1, 0.15) is 11.6 Å². The monoisotopic (exact) mass is 273 g/mol. The lowest BCUT2D eigenvalue weighted by molar-refractivity contribution is 0.675. The first kappa shape index (κ1) is 14.5. The van der Waals surface area contributed by atoms with Crippen LogP contribution >= 0.6 is 0 Å². The second kappa shape index (κ2) is 7.03. The highest BCUT2D eigenvalue weighted by Gasteiger charge is 2.06. The zero-order chi connectivity index (χ0) is 14.4. The van der Waals surface area contributed by atoms with E-state index >= 15 is 0 Å². The van der Waals surface area contributed by atoms with E-state index in [0.717, 1.165) is 49.0 Å². The highest BCUT2D eigenvalue weighted by atomic mass is 15.1. The Morgan fingerprint density at radius 2 is 2.05 bits per heavy atom. The summed E-state index contributed by atoms with van der Waals surface area (Å²) in [4.78, 5) is 13.5. The van der Waals surface area contributed by atoms with Crippen LogP contribution in [0.5, 0.6) is 0 Å². The van der Waals surface area contributed by atoms with Crippen LogP contribution < -0.4 is 5.32 Å². The van der Waals surface area contributed by atoms with Gasteiger partial charge in [-0.1, -0.05) is 13.8 Å². The van der Waals surface area contributed by atoms with Gasteiger partial charge in [0.05, 0.1) is 6.54 Å². The van der Waals surface area contributed by atoms with E-state index < -0.39 is 0 Å². The summed E-state index contributed by atoms with van der Waals surface area (Å²) in [6.07, 6.45) is 7.00. The van der Waals surface area contributed by atoms with Crippen LogP contribution in [0.15, 0.2) is 18.5 Å². The van der Waals surface area contributed by atoms with Gasteiger partial charge in [0.25, 0.3) is 0 Å². The standard InChI is InChI=1S/C15H23N5/c1-4-6-15-17-8-9-20(15)11-14-18-12(3)10-13(19-14)16-7-5-2/h8-10H,4-7,11H2,1-3H3,(H,16,18,19). The Bertz CT molecular complexity index is 547. The number of hydrogen-bond acceptors (Lipinski definition) is 4. The predicted octanol–water partition coefficient (Wildman–Crippen LogP) is 2.80. The van der Waals surface area contributed by atoms with Crippen LogP contribution in [0.4, 0.5) is 5.82 Å². The molecular formula is C15H23N5. The molecule has 0 aromatic carbocycles. The van der Waals surface area contributed by atoms with Crippen molar-refractivity contribution < 1.29 is 0 Å². The van der Waals surface area contributed by atoms with Crippen molar-refractivity contribution in [3.8, 4) is 0 Å². The minimum Gasteiger partial charge on any atom is -0.370 e. The van der Waals surface area contributed by atoms with Crippen molar-refractivity contribution in [3.63, 3.8) is 0 Å².